The molecule has 4 nitrogen and oxygen atoms in total. The molecule has 2 N–H and O–H groups in total. The van der Waals surface area contributed by atoms with Gasteiger partial charge in [-0.2, -0.15) is 5.10 Å². The molecule has 3 aromatic rings. The van der Waals surface area contributed by atoms with Crippen molar-refractivity contribution < 1.29 is 4.74 Å². The van der Waals surface area contributed by atoms with E-state index in [1.807, 2.05) is 59.5 Å². The van der Waals surface area contributed by atoms with Crippen LogP contribution in [0.2, 0.25) is 0 Å². The van der Waals surface area contributed by atoms with Crippen molar-refractivity contribution in [3.63, 3.8) is 0 Å². The maximum atomic E-state index is 5.79. The van der Waals surface area contributed by atoms with Crippen LogP contribution in [0.3, 0.4) is 0 Å². The average molecular weight is 293 g/mol. The van der Waals surface area contributed by atoms with Gasteiger partial charge in [0.1, 0.15) is 12.4 Å². The molecular weight excluding hydrogens is 274 g/mol. The summed E-state index contributed by atoms with van der Waals surface area (Å²) in [6, 6.07) is 18.2. The topological polar surface area (TPSA) is 53.1 Å². The van der Waals surface area contributed by atoms with Crippen LogP contribution in [0.4, 0.5) is 0 Å². The first-order chi connectivity index (χ1) is 10.8. The molecule has 0 aliphatic rings. The van der Waals surface area contributed by atoms with Gasteiger partial charge >= 0.3 is 0 Å². The van der Waals surface area contributed by atoms with Gasteiger partial charge < -0.3 is 10.5 Å². The lowest BCUT2D eigenvalue weighted by Crippen LogP contribution is -2.09. The summed E-state index contributed by atoms with van der Waals surface area (Å²) in [5.74, 6) is 0.863. The molecule has 0 atom stereocenters. The lowest BCUT2D eigenvalue weighted by atomic mass is 10.1. The molecule has 1 heterocycles. The van der Waals surface area contributed by atoms with Crippen molar-refractivity contribution in [3.8, 4) is 16.9 Å². The molecule has 0 fully saturated rings. The Bertz CT molecular complexity index is 705. The Balaban J connectivity index is 1.64. The molecule has 4 heteroatoms. The van der Waals surface area contributed by atoms with Crippen LogP contribution in [0.1, 0.15) is 5.56 Å². The molecule has 112 valence electrons. The van der Waals surface area contributed by atoms with Gasteiger partial charge in [-0.15, -0.1) is 0 Å². The molecular formula is C18H19N3O. The molecule has 2 aromatic carbocycles. The van der Waals surface area contributed by atoms with E-state index >= 15 is 0 Å². The van der Waals surface area contributed by atoms with Gasteiger partial charge in [-0.1, -0.05) is 42.5 Å². The lowest BCUT2D eigenvalue weighted by molar-refractivity contribution is 0.306. The Hall–Kier alpha value is -2.59. The van der Waals surface area contributed by atoms with Crippen molar-refractivity contribution in [2.75, 3.05) is 6.54 Å². The minimum absolute atomic E-state index is 0.578. The van der Waals surface area contributed by atoms with Gasteiger partial charge in [0.05, 0.1) is 12.7 Å². The zero-order valence-corrected chi connectivity index (χ0v) is 12.4. The molecule has 0 radical (unpaired) electrons. The minimum Gasteiger partial charge on any atom is -0.489 e. The average Bonchev–Trinajstić information content (AvgIpc) is 3.03. The van der Waals surface area contributed by atoms with E-state index in [0.717, 1.165) is 29.0 Å². The van der Waals surface area contributed by atoms with Crippen molar-refractivity contribution in [1.82, 2.24) is 9.78 Å². The predicted octanol–water partition coefficient (Wildman–Crippen LogP) is 3.09. The summed E-state index contributed by atoms with van der Waals surface area (Å²) >= 11 is 0. The molecule has 0 aliphatic heterocycles. The van der Waals surface area contributed by atoms with E-state index < -0.39 is 0 Å². The minimum atomic E-state index is 0.578. The SMILES string of the molecule is NCCn1cc(-c2ccc(OCc3ccccc3)cc2)cn1. The number of ether oxygens (including phenoxy) is 1. The van der Waals surface area contributed by atoms with Gasteiger partial charge in [0.2, 0.25) is 0 Å². The van der Waals surface area contributed by atoms with Crippen LogP contribution < -0.4 is 10.5 Å². The third-order valence-corrected chi connectivity index (χ3v) is 3.43. The van der Waals surface area contributed by atoms with Gasteiger partial charge in [-0.25, -0.2) is 0 Å². The number of hydrogen-bond donors (Lipinski definition) is 1. The molecule has 22 heavy (non-hydrogen) atoms. The molecule has 0 spiro atoms. The Kier molecular flexibility index (Phi) is 4.51. The number of nitrogens with zero attached hydrogens (tertiary/aromatic N) is 2. The van der Waals surface area contributed by atoms with Gasteiger partial charge in [-0.05, 0) is 23.3 Å². The molecule has 0 saturated heterocycles. The lowest BCUT2D eigenvalue weighted by Gasteiger charge is -2.06. The predicted molar refractivity (Wildman–Crippen MR) is 87.5 cm³/mol. The molecule has 0 aliphatic carbocycles. The highest BCUT2D eigenvalue weighted by Gasteiger charge is 2.02. The standard InChI is InChI=1S/C18H19N3O/c19-10-11-21-13-17(12-20-21)16-6-8-18(9-7-16)22-14-15-4-2-1-3-5-15/h1-9,12-13H,10-11,14,19H2. The number of hydrogen-bond acceptors (Lipinski definition) is 3. The summed E-state index contributed by atoms with van der Waals surface area (Å²) in [6.07, 6.45) is 3.86. The van der Waals surface area contributed by atoms with E-state index in [-0.39, 0.29) is 0 Å². The second-order valence-corrected chi connectivity index (χ2v) is 5.08. The van der Waals surface area contributed by atoms with Gasteiger partial charge in [0.25, 0.3) is 0 Å². The van der Waals surface area contributed by atoms with Crippen LogP contribution in [0.15, 0.2) is 67.0 Å². The Morgan fingerprint density at radius 2 is 1.73 bits per heavy atom. The van der Waals surface area contributed by atoms with Crippen LogP contribution in [-0.2, 0) is 13.2 Å². The van der Waals surface area contributed by atoms with E-state index in [9.17, 15) is 0 Å². The third-order valence-electron chi connectivity index (χ3n) is 3.43. The van der Waals surface area contributed by atoms with E-state index in [2.05, 4.69) is 17.2 Å². The summed E-state index contributed by atoms with van der Waals surface area (Å²) in [5, 5.41) is 4.29. The fourth-order valence-corrected chi connectivity index (χ4v) is 2.25. The monoisotopic (exact) mass is 293 g/mol. The van der Waals surface area contributed by atoms with E-state index in [0.29, 0.717) is 13.2 Å². The normalized spacial score (nSPS) is 10.6. The molecule has 0 amide bonds. The highest BCUT2D eigenvalue weighted by molar-refractivity contribution is 5.62. The quantitative estimate of drug-likeness (QED) is 0.760. The van der Waals surface area contributed by atoms with Crippen LogP contribution in [0.25, 0.3) is 11.1 Å². The van der Waals surface area contributed by atoms with Gasteiger partial charge in [0, 0.05) is 18.3 Å². The van der Waals surface area contributed by atoms with Crippen LogP contribution in [0.5, 0.6) is 5.75 Å². The molecule has 0 saturated carbocycles. The largest absolute Gasteiger partial charge is 0.489 e. The Labute approximate surface area is 130 Å². The molecule has 1 aromatic heterocycles. The summed E-state index contributed by atoms with van der Waals surface area (Å²) in [6.45, 7) is 1.90. The zero-order chi connectivity index (χ0) is 15.2. The zero-order valence-electron chi connectivity index (χ0n) is 12.4. The maximum absolute atomic E-state index is 5.79. The highest BCUT2D eigenvalue weighted by Crippen LogP contribution is 2.22. The second-order valence-electron chi connectivity index (χ2n) is 5.08. The molecule has 0 unspecified atom stereocenters. The first-order valence-electron chi connectivity index (χ1n) is 7.35. The first-order valence-corrected chi connectivity index (χ1v) is 7.35. The van der Waals surface area contributed by atoms with Crippen molar-refractivity contribution in [2.24, 2.45) is 5.73 Å². The van der Waals surface area contributed by atoms with Gasteiger partial charge in [-0.3, -0.25) is 4.68 Å². The molecule has 3 rings (SSSR count). The van der Waals surface area contributed by atoms with E-state index in [1.54, 1.807) is 0 Å². The second kappa shape index (κ2) is 6.91. The summed E-state index contributed by atoms with van der Waals surface area (Å²) < 4.78 is 7.65. The van der Waals surface area contributed by atoms with Crippen LogP contribution in [0, 0.1) is 0 Å². The smallest absolute Gasteiger partial charge is 0.119 e. The molecule has 0 bridgehead atoms. The number of benzene rings is 2. The fourth-order valence-electron chi connectivity index (χ4n) is 2.25. The third kappa shape index (κ3) is 3.54. The number of aromatic nitrogens is 2. The van der Waals surface area contributed by atoms with Crippen molar-refractivity contribution in [2.45, 2.75) is 13.2 Å². The first kappa shape index (κ1) is 14.4. The summed E-state index contributed by atoms with van der Waals surface area (Å²) in [4.78, 5) is 0. The van der Waals surface area contributed by atoms with Crippen molar-refractivity contribution >= 4 is 0 Å². The van der Waals surface area contributed by atoms with Crippen LogP contribution >= 0.6 is 0 Å². The number of nitrogens with two attached hydrogens (primary N) is 1. The van der Waals surface area contributed by atoms with Gasteiger partial charge in [0.15, 0.2) is 0 Å². The maximum Gasteiger partial charge on any atom is 0.119 e. The fraction of sp³-hybridized carbons (Fsp3) is 0.167. The number of rotatable bonds is 6. The van der Waals surface area contributed by atoms with E-state index in [4.69, 9.17) is 10.5 Å². The van der Waals surface area contributed by atoms with Crippen LogP contribution in [-0.4, -0.2) is 16.3 Å². The van der Waals surface area contributed by atoms with E-state index in [1.165, 1.54) is 0 Å². The highest BCUT2D eigenvalue weighted by atomic mass is 16.5. The van der Waals surface area contributed by atoms with Crippen molar-refractivity contribution in [3.05, 3.63) is 72.6 Å². The van der Waals surface area contributed by atoms with Crippen molar-refractivity contribution in [1.29, 1.82) is 0 Å². The Morgan fingerprint density at radius 1 is 0.955 bits per heavy atom. The summed E-state index contributed by atoms with van der Waals surface area (Å²) in [5.41, 5.74) is 8.90. The summed E-state index contributed by atoms with van der Waals surface area (Å²) in [7, 11) is 0. The Morgan fingerprint density at radius 3 is 2.45 bits per heavy atom.